The van der Waals surface area contributed by atoms with E-state index in [9.17, 15) is 13.8 Å². The number of amides is 2. The molecule has 108 valence electrons. The van der Waals surface area contributed by atoms with Crippen LogP contribution >= 0.6 is 0 Å². The maximum atomic E-state index is 12.6. The molecule has 2 rings (SSSR count). The summed E-state index contributed by atoms with van der Waals surface area (Å²) >= 11 is 0. The van der Waals surface area contributed by atoms with E-state index in [-0.39, 0.29) is 11.8 Å². The number of para-hydroxylation sites is 1. The Morgan fingerprint density at radius 1 is 1.35 bits per heavy atom. The molecule has 0 radical (unpaired) electrons. The third-order valence-electron chi connectivity index (χ3n) is 3.56. The van der Waals surface area contributed by atoms with Gasteiger partial charge in [-0.15, -0.1) is 0 Å². The van der Waals surface area contributed by atoms with Gasteiger partial charge in [0, 0.05) is 24.9 Å². The zero-order chi connectivity index (χ0) is 14.8. The fourth-order valence-corrected chi connectivity index (χ4v) is 4.28. The summed E-state index contributed by atoms with van der Waals surface area (Å²) in [6.07, 6.45) is 0.331. The number of rotatable bonds is 3. The number of carbonyl (C=O) groups excluding carboxylic acids is 2. The van der Waals surface area contributed by atoms with E-state index in [4.69, 9.17) is 0 Å². The van der Waals surface area contributed by atoms with Crippen LogP contribution < -0.4 is 5.32 Å². The minimum atomic E-state index is -1.38. The van der Waals surface area contributed by atoms with E-state index in [2.05, 4.69) is 5.32 Å². The van der Waals surface area contributed by atoms with Gasteiger partial charge in [-0.3, -0.25) is 13.8 Å². The lowest BCUT2D eigenvalue weighted by atomic mass is 10.1. The molecule has 1 saturated heterocycles. The monoisotopic (exact) mass is 294 g/mol. The average Bonchev–Trinajstić information content (AvgIpc) is 2.78. The Bertz CT molecular complexity index is 547. The molecule has 2 unspecified atom stereocenters. The molecule has 2 atom stereocenters. The number of hydrogen-bond donors (Lipinski definition) is 1. The number of carbonyl (C=O) groups is 2. The van der Waals surface area contributed by atoms with Gasteiger partial charge in [0.2, 0.25) is 5.91 Å². The first-order valence-corrected chi connectivity index (χ1v) is 7.87. The van der Waals surface area contributed by atoms with Crippen molar-refractivity contribution < 1.29 is 13.8 Å². The van der Waals surface area contributed by atoms with Gasteiger partial charge < -0.3 is 10.2 Å². The Morgan fingerprint density at radius 2 is 2.00 bits per heavy atom. The summed E-state index contributed by atoms with van der Waals surface area (Å²) in [4.78, 5) is 24.5. The predicted molar refractivity (Wildman–Crippen MR) is 78.5 cm³/mol. The smallest absolute Gasteiger partial charge is 0.263 e. The van der Waals surface area contributed by atoms with E-state index >= 15 is 0 Å². The van der Waals surface area contributed by atoms with E-state index in [1.807, 2.05) is 18.2 Å². The maximum absolute atomic E-state index is 12.6. The molecule has 0 saturated carbocycles. The molecule has 1 aromatic carbocycles. The quantitative estimate of drug-likeness (QED) is 0.915. The molecule has 1 heterocycles. The Labute approximate surface area is 120 Å². The normalized spacial score (nSPS) is 25.5. The van der Waals surface area contributed by atoms with Crippen molar-refractivity contribution in [2.24, 2.45) is 0 Å². The van der Waals surface area contributed by atoms with Crippen LogP contribution in [0.4, 0.5) is 5.69 Å². The lowest BCUT2D eigenvalue weighted by Gasteiger charge is -2.34. The second-order valence-corrected chi connectivity index (χ2v) is 6.45. The maximum Gasteiger partial charge on any atom is 0.263 e. The van der Waals surface area contributed by atoms with Crippen LogP contribution in [0.15, 0.2) is 30.3 Å². The molecule has 0 bridgehead atoms. The summed E-state index contributed by atoms with van der Waals surface area (Å²) in [6, 6.07) is 8.99. The SMILES string of the molecule is CCC1(C(=O)Nc2ccccc2)N(C(C)=O)CCS1=O. The highest BCUT2D eigenvalue weighted by atomic mass is 32.2. The molecule has 1 N–H and O–H groups in total. The molecule has 20 heavy (non-hydrogen) atoms. The Balaban J connectivity index is 2.32. The zero-order valence-electron chi connectivity index (χ0n) is 11.6. The van der Waals surface area contributed by atoms with Crippen molar-refractivity contribution in [2.45, 2.75) is 25.1 Å². The van der Waals surface area contributed by atoms with Crippen LogP contribution in [0.2, 0.25) is 0 Å². The standard InChI is InChI=1S/C14H18N2O3S/c1-3-14(16(11(2)17)9-10-20(14)19)13(18)15-12-7-5-4-6-8-12/h4-8H,3,9-10H2,1-2H3,(H,15,18). The van der Waals surface area contributed by atoms with Crippen LogP contribution in [0, 0.1) is 0 Å². The number of hydrogen-bond acceptors (Lipinski definition) is 3. The number of benzene rings is 1. The van der Waals surface area contributed by atoms with Gasteiger partial charge in [-0.1, -0.05) is 25.1 Å². The van der Waals surface area contributed by atoms with Crippen molar-refractivity contribution in [3.8, 4) is 0 Å². The van der Waals surface area contributed by atoms with Crippen LogP contribution in [-0.4, -0.2) is 38.1 Å². The highest BCUT2D eigenvalue weighted by Crippen LogP contribution is 2.31. The summed E-state index contributed by atoms with van der Waals surface area (Å²) in [5, 5.41) is 2.76. The topological polar surface area (TPSA) is 66.5 Å². The van der Waals surface area contributed by atoms with Gasteiger partial charge in [0.25, 0.3) is 5.91 Å². The second kappa shape index (κ2) is 5.75. The van der Waals surface area contributed by atoms with Gasteiger partial charge >= 0.3 is 0 Å². The van der Waals surface area contributed by atoms with E-state index < -0.39 is 15.7 Å². The van der Waals surface area contributed by atoms with Crippen molar-refractivity contribution in [1.29, 1.82) is 0 Å². The average molecular weight is 294 g/mol. The van der Waals surface area contributed by atoms with Crippen molar-refractivity contribution in [2.75, 3.05) is 17.6 Å². The van der Waals surface area contributed by atoms with Crippen molar-refractivity contribution >= 4 is 28.3 Å². The van der Waals surface area contributed by atoms with Crippen LogP contribution in [-0.2, 0) is 20.4 Å². The lowest BCUT2D eigenvalue weighted by Crippen LogP contribution is -2.56. The van der Waals surface area contributed by atoms with E-state index in [1.54, 1.807) is 19.1 Å². The molecule has 1 aliphatic rings. The third-order valence-corrected chi connectivity index (χ3v) is 5.56. The predicted octanol–water partition coefficient (Wildman–Crippen LogP) is 1.34. The Kier molecular flexibility index (Phi) is 4.23. The fourth-order valence-electron chi connectivity index (χ4n) is 2.55. The summed E-state index contributed by atoms with van der Waals surface area (Å²) in [6.45, 7) is 3.55. The minimum absolute atomic E-state index is 0.221. The minimum Gasteiger partial charge on any atom is -0.323 e. The van der Waals surface area contributed by atoms with Crippen LogP contribution in [0.25, 0.3) is 0 Å². The largest absolute Gasteiger partial charge is 0.323 e. The molecule has 6 heteroatoms. The van der Waals surface area contributed by atoms with Gasteiger partial charge in [-0.2, -0.15) is 0 Å². The first kappa shape index (κ1) is 14.7. The number of nitrogens with zero attached hydrogens (tertiary/aromatic N) is 1. The van der Waals surface area contributed by atoms with Gasteiger partial charge in [0.15, 0.2) is 4.87 Å². The highest BCUT2D eigenvalue weighted by molar-refractivity contribution is 7.87. The molecule has 1 fully saturated rings. The number of nitrogens with one attached hydrogen (secondary N) is 1. The van der Waals surface area contributed by atoms with E-state index in [0.717, 1.165) is 0 Å². The summed E-state index contributed by atoms with van der Waals surface area (Å²) in [5.41, 5.74) is 0.637. The molecule has 0 aromatic heterocycles. The molecule has 0 aliphatic carbocycles. The Hall–Kier alpha value is -1.69. The van der Waals surface area contributed by atoms with Gasteiger partial charge in [0.1, 0.15) is 0 Å². The lowest BCUT2D eigenvalue weighted by molar-refractivity contribution is -0.137. The van der Waals surface area contributed by atoms with Crippen LogP contribution in [0.1, 0.15) is 20.3 Å². The van der Waals surface area contributed by atoms with Crippen molar-refractivity contribution in [1.82, 2.24) is 4.90 Å². The molecule has 2 amide bonds. The van der Waals surface area contributed by atoms with Gasteiger partial charge in [-0.05, 0) is 18.6 Å². The molecule has 5 nitrogen and oxygen atoms in total. The number of anilines is 1. The molecular weight excluding hydrogens is 276 g/mol. The first-order chi connectivity index (χ1) is 9.52. The summed E-state index contributed by atoms with van der Waals surface area (Å²) < 4.78 is 12.3. The first-order valence-electron chi connectivity index (χ1n) is 6.55. The van der Waals surface area contributed by atoms with Crippen LogP contribution in [0.5, 0.6) is 0 Å². The second-order valence-electron chi connectivity index (χ2n) is 4.68. The third kappa shape index (κ3) is 2.35. The van der Waals surface area contributed by atoms with Crippen molar-refractivity contribution in [3.63, 3.8) is 0 Å². The molecule has 1 aromatic rings. The summed E-state index contributed by atoms with van der Waals surface area (Å²) in [5.74, 6) is -0.256. The molecule has 1 aliphatic heterocycles. The fraction of sp³-hybridized carbons (Fsp3) is 0.429. The van der Waals surface area contributed by atoms with Gasteiger partial charge in [0.05, 0.1) is 10.8 Å². The summed E-state index contributed by atoms with van der Waals surface area (Å²) in [7, 11) is -1.38. The zero-order valence-corrected chi connectivity index (χ0v) is 12.4. The van der Waals surface area contributed by atoms with Crippen LogP contribution in [0.3, 0.4) is 0 Å². The van der Waals surface area contributed by atoms with E-state index in [1.165, 1.54) is 11.8 Å². The Morgan fingerprint density at radius 3 is 2.55 bits per heavy atom. The van der Waals surface area contributed by atoms with Gasteiger partial charge in [-0.25, -0.2) is 0 Å². The highest BCUT2D eigenvalue weighted by Gasteiger charge is 2.53. The molecular formula is C14H18N2O3S. The van der Waals surface area contributed by atoms with Crippen molar-refractivity contribution in [3.05, 3.63) is 30.3 Å². The van der Waals surface area contributed by atoms with E-state index in [0.29, 0.717) is 24.4 Å². The molecule has 0 spiro atoms.